The van der Waals surface area contributed by atoms with E-state index in [1.165, 1.54) is 11.3 Å². The molecule has 1 aromatic heterocycles. The molecule has 1 aliphatic rings. The summed E-state index contributed by atoms with van der Waals surface area (Å²) in [4.78, 5) is 61.3. The van der Waals surface area contributed by atoms with Crippen molar-refractivity contribution in [2.45, 2.75) is 110 Å². The average molecular weight is 726 g/mol. The number of hydrogen-bond acceptors (Lipinski definition) is 8. The van der Waals surface area contributed by atoms with Crippen molar-refractivity contribution in [1.82, 2.24) is 25.4 Å². The number of rotatable bonds is 20. The van der Waals surface area contributed by atoms with E-state index in [2.05, 4.69) is 36.0 Å². The zero-order valence-corrected chi connectivity index (χ0v) is 32.3. The predicted molar refractivity (Wildman–Crippen MR) is 201 cm³/mol. The van der Waals surface area contributed by atoms with Gasteiger partial charge in [-0.1, -0.05) is 83.9 Å². The van der Waals surface area contributed by atoms with Gasteiger partial charge in [-0.05, 0) is 56.7 Å². The highest BCUT2D eigenvalue weighted by Gasteiger charge is 2.37. The van der Waals surface area contributed by atoms with Crippen LogP contribution in [0.25, 0.3) is 0 Å². The number of nitrogens with zero attached hydrogens (tertiary/aromatic N) is 3. The van der Waals surface area contributed by atoms with E-state index >= 15 is 0 Å². The number of nitrogens with one attached hydrogen (secondary N) is 2. The summed E-state index contributed by atoms with van der Waals surface area (Å²) in [5.74, 6) is -2.21. The minimum atomic E-state index is -0.918. The largest absolute Gasteiger partial charge is 0.481 e. The number of hydrogen-bond donors (Lipinski definition) is 3. The molecule has 0 radical (unpaired) electrons. The van der Waals surface area contributed by atoms with Gasteiger partial charge in [0.25, 0.3) is 5.91 Å². The maximum absolute atomic E-state index is 14.2. The van der Waals surface area contributed by atoms with Crippen molar-refractivity contribution in [3.05, 3.63) is 64.6 Å². The summed E-state index contributed by atoms with van der Waals surface area (Å²) < 4.78 is 6.22. The minimum absolute atomic E-state index is 0.0456. The molecule has 0 unspecified atom stereocenters. The Morgan fingerprint density at radius 2 is 1.82 bits per heavy atom. The van der Waals surface area contributed by atoms with Gasteiger partial charge in [-0.25, -0.2) is 4.98 Å². The third kappa shape index (κ3) is 12.2. The third-order valence-corrected chi connectivity index (χ3v) is 11.0. The molecule has 0 aliphatic carbocycles. The Morgan fingerprint density at radius 1 is 1.12 bits per heavy atom. The molecule has 2 heterocycles. The van der Waals surface area contributed by atoms with Crippen molar-refractivity contribution in [2.75, 3.05) is 27.2 Å². The second-order valence-electron chi connectivity index (χ2n) is 14.4. The Balaban J connectivity index is 1.80. The molecule has 1 saturated heterocycles. The van der Waals surface area contributed by atoms with Crippen LogP contribution in [0, 0.1) is 17.8 Å². The standard InChI is InChI=1S/C39H59N5O6S/c1-9-20-50-33(37-41-30(24-51-37)35(45)40-29(21-27(6)39(48)49)22-28-16-12-11-13-17-28)23-32(25(3)4)44(8)38(47)34(26(5)10-2)42-36(46)31-18-14-15-19-43(31)7/h9,11-13,16-17,24-27,29,31-34H,1,10,14-15,18-23H2,2-8H3,(H,40,45)(H,42,46)(H,48,49)/t26-,27-,29+,31+,32+,33+,34-/m0/s1. The van der Waals surface area contributed by atoms with Crippen molar-refractivity contribution in [3.8, 4) is 0 Å². The van der Waals surface area contributed by atoms with E-state index in [4.69, 9.17) is 9.72 Å². The van der Waals surface area contributed by atoms with Crippen LogP contribution < -0.4 is 10.6 Å². The van der Waals surface area contributed by atoms with Gasteiger partial charge in [-0.15, -0.1) is 17.9 Å². The molecule has 3 amide bonds. The van der Waals surface area contributed by atoms with Gasteiger partial charge >= 0.3 is 5.97 Å². The Hall–Kier alpha value is -3.61. The van der Waals surface area contributed by atoms with Crippen LogP contribution in [0.3, 0.4) is 0 Å². The number of carboxylic acids is 1. The summed E-state index contributed by atoms with van der Waals surface area (Å²) in [5, 5.41) is 18.0. The summed E-state index contributed by atoms with van der Waals surface area (Å²) in [5.41, 5.74) is 1.22. The fourth-order valence-electron chi connectivity index (χ4n) is 6.66. The smallest absolute Gasteiger partial charge is 0.306 e. The van der Waals surface area contributed by atoms with Crippen LogP contribution in [0.1, 0.15) is 100 Å². The zero-order valence-electron chi connectivity index (χ0n) is 31.5. The van der Waals surface area contributed by atoms with E-state index in [1.54, 1.807) is 30.3 Å². The molecule has 3 rings (SSSR count). The van der Waals surface area contributed by atoms with E-state index in [1.807, 2.05) is 51.2 Å². The van der Waals surface area contributed by atoms with Crippen LogP contribution in [0.5, 0.6) is 0 Å². The number of amides is 3. The molecule has 2 aromatic rings. The number of aromatic nitrogens is 1. The summed E-state index contributed by atoms with van der Waals surface area (Å²) in [6.45, 7) is 14.7. The molecular weight excluding hydrogens is 667 g/mol. The molecule has 11 nitrogen and oxygen atoms in total. The number of thiazole rings is 1. The number of carboxylic acid groups (broad SMARTS) is 1. The molecule has 51 heavy (non-hydrogen) atoms. The monoisotopic (exact) mass is 725 g/mol. The van der Waals surface area contributed by atoms with Gasteiger partial charge in [0.15, 0.2) is 0 Å². The molecule has 1 aliphatic heterocycles. The normalized spacial score (nSPS) is 18.5. The van der Waals surface area contributed by atoms with Gasteiger partial charge < -0.3 is 25.4 Å². The van der Waals surface area contributed by atoms with Gasteiger partial charge in [0.05, 0.1) is 18.6 Å². The van der Waals surface area contributed by atoms with Crippen molar-refractivity contribution in [2.24, 2.45) is 17.8 Å². The van der Waals surface area contributed by atoms with E-state index < -0.39 is 30.1 Å². The van der Waals surface area contributed by atoms with E-state index in [-0.39, 0.29) is 60.4 Å². The number of carbonyl (C=O) groups is 4. The molecule has 0 bridgehead atoms. The number of ether oxygens (including phenoxy) is 1. The van der Waals surface area contributed by atoms with Crippen LogP contribution in [0.2, 0.25) is 0 Å². The maximum atomic E-state index is 14.2. The van der Waals surface area contributed by atoms with Gasteiger partial charge in [0.1, 0.15) is 22.8 Å². The number of piperidine rings is 1. The number of benzene rings is 1. The van der Waals surface area contributed by atoms with Crippen LogP contribution in [-0.4, -0.2) is 95.0 Å². The molecule has 1 aromatic carbocycles. The molecule has 1 fully saturated rings. The van der Waals surface area contributed by atoms with Crippen LogP contribution in [0.4, 0.5) is 0 Å². The second-order valence-corrected chi connectivity index (χ2v) is 15.3. The van der Waals surface area contributed by atoms with Crippen LogP contribution >= 0.6 is 11.3 Å². The first kappa shape index (κ1) is 41.8. The highest BCUT2D eigenvalue weighted by atomic mass is 32.1. The first-order valence-corrected chi connectivity index (χ1v) is 19.2. The average Bonchev–Trinajstić information content (AvgIpc) is 3.60. The molecule has 0 saturated carbocycles. The Morgan fingerprint density at radius 3 is 2.43 bits per heavy atom. The number of likely N-dealkylation sites (N-methyl/N-ethyl adjacent to an activating group) is 2. The lowest BCUT2D eigenvalue weighted by Crippen LogP contribution is -2.58. The molecule has 0 spiro atoms. The summed E-state index contributed by atoms with van der Waals surface area (Å²) in [6, 6.07) is 8.06. The number of carbonyl (C=O) groups excluding carboxylic acids is 3. The summed E-state index contributed by atoms with van der Waals surface area (Å²) in [7, 11) is 3.75. The topological polar surface area (TPSA) is 141 Å². The van der Waals surface area contributed by atoms with Crippen molar-refractivity contribution < 1.29 is 29.0 Å². The first-order valence-electron chi connectivity index (χ1n) is 18.3. The lowest BCUT2D eigenvalue weighted by atomic mass is 9.92. The minimum Gasteiger partial charge on any atom is -0.481 e. The Bertz CT molecular complexity index is 1430. The van der Waals surface area contributed by atoms with E-state index in [0.29, 0.717) is 17.8 Å². The maximum Gasteiger partial charge on any atom is 0.306 e. The van der Waals surface area contributed by atoms with Gasteiger partial charge in [0, 0.05) is 30.9 Å². The molecule has 12 heteroatoms. The van der Waals surface area contributed by atoms with Crippen molar-refractivity contribution >= 4 is 35.0 Å². The molecular formula is C39H59N5O6S. The lowest BCUT2D eigenvalue weighted by molar-refractivity contribution is -0.141. The Labute approximate surface area is 308 Å². The van der Waals surface area contributed by atoms with Crippen LogP contribution in [-0.2, 0) is 25.5 Å². The molecule has 3 N–H and O–H groups in total. The first-order chi connectivity index (χ1) is 24.3. The van der Waals surface area contributed by atoms with Gasteiger partial charge in [-0.3, -0.25) is 24.1 Å². The predicted octanol–water partition coefficient (Wildman–Crippen LogP) is 5.73. The molecule has 7 atom stereocenters. The molecule has 282 valence electrons. The SMILES string of the molecule is C=CCO[C@H](C[C@H](C(C)C)N(C)C(=O)[C@@H](NC(=O)[C@H]1CCCCN1C)[C@@H](C)CC)c1nc(C(=O)N[C@@H](Cc2ccccc2)C[C@H](C)C(=O)O)cs1. The van der Waals surface area contributed by atoms with Crippen molar-refractivity contribution in [1.29, 1.82) is 0 Å². The quantitative estimate of drug-likeness (QED) is 0.147. The third-order valence-electron chi connectivity index (χ3n) is 10.1. The zero-order chi connectivity index (χ0) is 37.7. The van der Waals surface area contributed by atoms with Gasteiger partial charge in [0.2, 0.25) is 11.8 Å². The van der Waals surface area contributed by atoms with Crippen molar-refractivity contribution in [3.63, 3.8) is 0 Å². The number of likely N-dealkylation sites (tertiary alicyclic amines) is 1. The highest BCUT2D eigenvalue weighted by Crippen LogP contribution is 2.31. The van der Waals surface area contributed by atoms with Gasteiger partial charge in [-0.2, -0.15) is 0 Å². The fraction of sp³-hybridized carbons (Fsp3) is 0.615. The van der Waals surface area contributed by atoms with E-state index in [0.717, 1.165) is 37.8 Å². The highest BCUT2D eigenvalue weighted by molar-refractivity contribution is 7.09. The van der Waals surface area contributed by atoms with E-state index in [9.17, 15) is 24.3 Å². The van der Waals surface area contributed by atoms with Crippen LogP contribution in [0.15, 0.2) is 48.4 Å². The second kappa shape index (κ2) is 20.4. The lowest BCUT2D eigenvalue weighted by Gasteiger charge is -2.38. The summed E-state index contributed by atoms with van der Waals surface area (Å²) in [6.07, 6.45) is 5.86. The summed E-state index contributed by atoms with van der Waals surface area (Å²) >= 11 is 1.31. The fourth-order valence-corrected chi connectivity index (χ4v) is 7.52. The number of aliphatic carboxylic acids is 1. The Kier molecular flexibility index (Phi) is 16.8.